The summed E-state index contributed by atoms with van der Waals surface area (Å²) in [7, 11) is 0. The Balaban J connectivity index is 0.000000170. The van der Waals surface area contributed by atoms with Crippen LogP contribution in [0.4, 0.5) is 22.7 Å². The highest BCUT2D eigenvalue weighted by Crippen LogP contribution is 2.30. The molecular formula is C54H50N8O6. The Labute approximate surface area is 392 Å². The van der Waals surface area contributed by atoms with Crippen LogP contribution in [0.3, 0.4) is 0 Å². The number of hydrogen-bond acceptors (Lipinski definition) is 7. The van der Waals surface area contributed by atoms with Gasteiger partial charge in [-0.15, -0.1) is 0 Å². The Morgan fingerprint density at radius 2 is 1.01 bits per heavy atom. The lowest BCUT2D eigenvalue weighted by Crippen LogP contribution is -2.43. The lowest BCUT2D eigenvalue weighted by atomic mass is 10.1. The number of benzene rings is 6. The topological polar surface area (TPSA) is 200 Å². The van der Waals surface area contributed by atoms with Gasteiger partial charge in [0.1, 0.15) is 12.1 Å². The third-order valence-corrected chi connectivity index (χ3v) is 12.5. The zero-order valence-corrected chi connectivity index (χ0v) is 37.2. The summed E-state index contributed by atoms with van der Waals surface area (Å²) in [6, 6.07) is 47.9. The third-order valence-electron chi connectivity index (χ3n) is 12.5. The molecule has 2 aliphatic rings. The molecule has 14 heteroatoms. The molecule has 0 radical (unpaired) electrons. The first-order valence-electron chi connectivity index (χ1n) is 22.7. The summed E-state index contributed by atoms with van der Waals surface area (Å²) in [4.78, 5) is 72.2. The van der Waals surface area contributed by atoms with Gasteiger partial charge in [-0.05, 0) is 103 Å². The molecule has 68 heavy (non-hydrogen) atoms. The molecule has 2 aromatic heterocycles. The van der Waals surface area contributed by atoms with Crippen molar-refractivity contribution in [3.05, 3.63) is 179 Å². The molecule has 342 valence electrons. The fourth-order valence-corrected chi connectivity index (χ4v) is 9.02. The van der Waals surface area contributed by atoms with E-state index in [2.05, 4.69) is 26.7 Å². The molecular weight excluding hydrogens is 857 g/mol. The predicted molar refractivity (Wildman–Crippen MR) is 266 cm³/mol. The fourth-order valence-electron chi connectivity index (χ4n) is 9.02. The number of hydrogen-bond donors (Lipinski definition) is 5. The van der Waals surface area contributed by atoms with Crippen LogP contribution in [0.25, 0.3) is 44.3 Å². The van der Waals surface area contributed by atoms with Crippen LogP contribution in [0, 0.1) is 10.1 Å². The Bertz CT molecular complexity index is 3110. The van der Waals surface area contributed by atoms with Crippen LogP contribution >= 0.6 is 0 Å². The number of anilines is 3. The number of likely N-dealkylation sites (tertiary alicyclic amines) is 2. The highest BCUT2D eigenvalue weighted by Gasteiger charge is 2.35. The maximum absolute atomic E-state index is 13.0. The van der Waals surface area contributed by atoms with E-state index in [1.165, 1.54) is 12.1 Å². The zero-order chi connectivity index (χ0) is 47.1. The Morgan fingerprint density at radius 3 is 1.47 bits per heavy atom. The number of carbonyl (C=O) groups is 4. The normalized spacial score (nSPS) is 15.5. The van der Waals surface area contributed by atoms with Gasteiger partial charge in [0.05, 0.1) is 23.3 Å². The molecule has 4 heterocycles. The lowest BCUT2D eigenvalue weighted by molar-refractivity contribution is -0.384. The van der Waals surface area contributed by atoms with Crippen molar-refractivity contribution in [1.82, 2.24) is 19.8 Å². The number of nitrogens with two attached hydrogens (primary N) is 1. The van der Waals surface area contributed by atoms with Crippen molar-refractivity contribution in [2.45, 2.75) is 50.6 Å². The first-order valence-corrected chi connectivity index (χ1v) is 22.7. The molecule has 2 atom stereocenters. The first-order chi connectivity index (χ1) is 33.0. The van der Waals surface area contributed by atoms with E-state index in [0.29, 0.717) is 49.2 Å². The second-order valence-corrected chi connectivity index (χ2v) is 17.2. The Morgan fingerprint density at radius 1 is 0.574 bits per heavy atom. The average Bonchev–Trinajstić information content (AvgIpc) is 4.19. The molecule has 6 N–H and O–H groups in total. The molecule has 0 saturated carbocycles. The molecule has 0 aliphatic carbocycles. The van der Waals surface area contributed by atoms with Gasteiger partial charge >= 0.3 is 0 Å². The van der Waals surface area contributed by atoms with Gasteiger partial charge in [-0.3, -0.25) is 29.3 Å². The van der Waals surface area contributed by atoms with E-state index >= 15 is 0 Å². The molecule has 4 amide bonds. The Kier molecular flexibility index (Phi) is 13.1. The van der Waals surface area contributed by atoms with E-state index in [1.54, 1.807) is 15.9 Å². The number of nitrogens with one attached hydrogen (secondary N) is 4. The largest absolute Gasteiger partial charge is 0.399 e. The quantitative estimate of drug-likeness (QED) is 0.0483. The number of nitrogen functional groups attached to an aromatic ring is 1. The molecule has 0 bridgehead atoms. The number of fused-ring (bicyclic) bond motifs is 2. The zero-order valence-electron chi connectivity index (χ0n) is 37.2. The molecule has 10 rings (SSSR count). The number of nitro benzene ring substituents is 1. The van der Waals surface area contributed by atoms with Gasteiger partial charge in [-0.2, -0.15) is 0 Å². The van der Waals surface area contributed by atoms with Crippen LogP contribution in [-0.4, -0.2) is 73.5 Å². The number of carbonyl (C=O) groups excluding carboxylic acids is 4. The van der Waals surface area contributed by atoms with Crippen LogP contribution in [0.15, 0.2) is 158 Å². The second-order valence-electron chi connectivity index (χ2n) is 17.2. The monoisotopic (exact) mass is 906 g/mol. The smallest absolute Gasteiger partial charge is 0.271 e. The molecule has 0 unspecified atom stereocenters. The van der Waals surface area contributed by atoms with Gasteiger partial charge in [0, 0.05) is 70.0 Å². The van der Waals surface area contributed by atoms with Crippen molar-refractivity contribution in [2.24, 2.45) is 0 Å². The van der Waals surface area contributed by atoms with Gasteiger partial charge in [0.15, 0.2) is 0 Å². The van der Waals surface area contributed by atoms with Crippen molar-refractivity contribution in [3.63, 3.8) is 0 Å². The van der Waals surface area contributed by atoms with Crippen molar-refractivity contribution in [1.29, 1.82) is 0 Å². The van der Waals surface area contributed by atoms with Crippen molar-refractivity contribution in [2.75, 3.05) is 29.5 Å². The van der Waals surface area contributed by atoms with Gasteiger partial charge in [0.25, 0.3) is 5.69 Å². The van der Waals surface area contributed by atoms with Crippen LogP contribution in [0.1, 0.15) is 36.8 Å². The summed E-state index contributed by atoms with van der Waals surface area (Å²) in [5.74, 6) is -0.366. The average molecular weight is 907 g/mol. The number of rotatable bonds is 11. The molecule has 0 spiro atoms. The van der Waals surface area contributed by atoms with Gasteiger partial charge in [0.2, 0.25) is 23.6 Å². The summed E-state index contributed by atoms with van der Waals surface area (Å²) in [6.45, 7) is 1.20. The van der Waals surface area contributed by atoms with Crippen molar-refractivity contribution >= 4 is 68.2 Å². The molecule has 8 aromatic rings. The first kappa shape index (κ1) is 44.7. The predicted octanol–water partition coefficient (Wildman–Crippen LogP) is 9.50. The van der Waals surface area contributed by atoms with Gasteiger partial charge < -0.3 is 36.1 Å². The van der Waals surface area contributed by atoms with E-state index in [4.69, 9.17) is 5.73 Å². The van der Waals surface area contributed by atoms with Crippen molar-refractivity contribution in [3.8, 4) is 22.5 Å². The summed E-state index contributed by atoms with van der Waals surface area (Å²) in [5.41, 5.74) is 15.3. The summed E-state index contributed by atoms with van der Waals surface area (Å²) >= 11 is 0. The van der Waals surface area contributed by atoms with Crippen molar-refractivity contribution < 1.29 is 24.1 Å². The third kappa shape index (κ3) is 10.3. The summed E-state index contributed by atoms with van der Waals surface area (Å²) < 4.78 is 0. The number of non-ortho nitro benzene ring substituents is 1. The molecule has 2 aliphatic heterocycles. The van der Waals surface area contributed by atoms with E-state index in [1.807, 2.05) is 133 Å². The molecule has 14 nitrogen and oxygen atoms in total. The highest BCUT2D eigenvalue weighted by molar-refractivity contribution is 5.99. The number of nitro groups is 1. The minimum Gasteiger partial charge on any atom is -0.399 e. The van der Waals surface area contributed by atoms with Gasteiger partial charge in [-0.1, -0.05) is 91.0 Å². The van der Waals surface area contributed by atoms with Gasteiger partial charge in [-0.25, -0.2) is 0 Å². The Hall–Kier alpha value is -8.52. The maximum atomic E-state index is 13.0. The minimum atomic E-state index is -0.476. The number of nitrogens with zero attached hydrogens (tertiary/aromatic N) is 3. The molecule has 2 fully saturated rings. The van der Waals surface area contributed by atoms with E-state index in [0.717, 1.165) is 68.5 Å². The number of H-pyrrole nitrogens is 2. The summed E-state index contributed by atoms with van der Waals surface area (Å²) in [5, 5.41) is 18.9. The molecule has 6 aromatic carbocycles. The highest BCUT2D eigenvalue weighted by atomic mass is 16.6. The maximum Gasteiger partial charge on any atom is 0.271 e. The van der Waals surface area contributed by atoms with E-state index in [9.17, 15) is 29.3 Å². The van der Waals surface area contributed by atoms with Crippen LogP contribution in [0.2, 0.25) is 0 Å². The number of aromatic nitrogens is 2. The summed E-state index contributed by atoms with van der Waals surface area (Å²) in [6.07, 6.45) is 3.56. The van der Waals surface area contributed by atoms with Crippen LogP contribution in [0.5, 0.6) is 0 Å². The van der Waals surface area contributed by atoms with E-state index < -0.39 is 17.0 Å². The minimum absolute atomic E-state index is 0.00588. The van der Waals surface area contributed by atoms with Crippen LogP contribution in [-0.2, 0) is 32.0 Å². The SMILES string of the molecule is Nc1ccc2cc(-c3ccc(NC(=O)[C@@H]4CCCN4C(=O)Cc4ccccc4)cc3)[nH]c2c1.O=C(Nc1ccc(-c2cc3ccc([N+](=O)[O-])cc3[nH]2)cc1)[C@@H]1CCCN1C(=O)Cc1ccccc1. The second kappa shape index (κ2) is 19.9. The number of aromatic amines is 2. The number of amides is 4. The van der Waals surface area contributed by atoms with Crippen LogP contribution < -0.4 is 16.4 Å². The molecule has 2 saturated heterocycles. The van der Waals surface area contributed by atoms with E-state index in [-0.39, 0.29) is 35.7 Å². The fraction of sp³-hybridized carbons (Fsp3) is 0.185. The standard InChI is InChI=1S/C27H24N4O4.C27H26N4O2/c32-26(15-18-5-2-1-3-6-18)30-14-4-7-25(30)27(33)28-21-11-8-19(9-12-21)23-16-20-10-13-22(31(34)35)17-24(20)29-23;28-21-11-8-20-16-23(30-24(20)17-21)19-9-12-22(13-10-19)29-27(33)25-7-4-14-31(25)26(32)15-18-5-2-1-3-6-18/h1-3,5-6,8-13,16-17,25,29H,4,7,14-15H2,(H,28,33);1-3,5-6,8-13,16-17,25,30H,4,7,14-15,28H2,(H,29,33)/t2*25-/m00/s1. The lowest BCUT2D eigenvalue weighted by Gasteiger charge is -2.24.